The van der Waals surface area contributed by atoms with E-state index in [-0.39, 0.29) is 11.5 Å². The number of amides is 1. The fourth-order valence-electron chi connectivity index (χ4n) is 2.24. The molecule has 1 fully saturated rings. The average molecular weight is 247 g/mol. The summed E-state index contributed by atoms with van der Waals surface area (Å²) >= 11 is 0. The second-order valence-corrected chi connectivity index (χ2v) is 4.59. The van der Waals surface area contributed by atoms with Crippen molar-refractivity contribution < 1.29 is 14.7 Å². The summed E-state index contributed by atoms with van der Waals surface area (Å²) in [5.41, 5.74) is 0.632. The molecule has 0 bridgehead atoms. The first-order valence-corrected chi connectivity index (χ1v) is 6.31. The average Bonchev–Trinajstić information content (AvgIpc) is 2.67. The normalized spacial score (nSPS) is 16.1. The van der Waals surface area contributed by atoms with Crippen molar-refractivity contribution in [2.24, 2.45) is 0 Å². The van der Waals surface area contributed by atoms with Crippen molar-refractivity contribution in [3.05, 3.63) is 35.4 Å². The Morgan fingerprint density at radius 1 is 1.00 bits per heavy atom. The molecule has 0 atom stereocenters. The monoisotopic (exact) mass is 247 g/mol. The van der Waals surface area contributed by atoms with E-state index in [1.807, 2.05) is 4.90 Å². The van der Waals surface area contributed by atoms with Crippen molar-refractivity contribution in [1.82, 2.24) is 4.90 Å². The zero-order valence-electron chi connectivity index (χ0n) is 10.3. The number of nitrogens with zero attached hydrogens (tertiary/aromatic N) is 1. The second kappa shape index (κ2) is 5.67. The Bertz CT molecular complexity index is 448. The Morgan fingerprint density at radius 2 is 1.61 bits per heavy atom. The van der Waals surface area contributed by atoms with Gasteiger partial charge in [0.05, 0.1) is 5.56 Å². The predicted molar refractivity (Wildman–Crippen MR) is 67.8 cm³/mol. The Balaban J connectivity index is 2.16. The van der Waals surface area contributed by atoms with Crippen LogP contribution in [0, 0.1) is 0 Å². The molecule has 0 saturated carbocycles. The molecule has 96 valence electrons. The van der Waals surface area contributed by atoms with Gasteiger partial charge in [0.15, 0.2) is 0 Å². The molecule has 1 amide bonds. The largest absolute Gasteiger partial charge is 0.478 e. The number of hydrogen-bond donors (Lipinski definition) is 1. The number of rotatable bonds is 2. The first kappa shape index (κ1) is 12.6. The van der Waals surface area contributed by atoms with Crippen molar-refractivity contribution >= 4 is 11.9 Å². The third-order valence-electron chi connectivity index (χ3n) is 3.25. The van der Waals surface area contributed by atoms with Crippen LogP contribution in [-0.2, 0) is 0 Å². The van der Waals surface area contributed by atoms with Crippen LogP contribution in [0.4, 0.5) is 0 Å². The molecule has 1 saturated heterocycles. The maximum Gasteiger partial charge on any atom is 0.335 e. The number of aromatic carboxylic acids is 1. The van der Waals surface area contributed by atoms with Gasteiger partial charge in [-0.2, -0.15) is 0 Å². The van der Waals surface area contributed by atoms with Gasteiger partial charge >= 0.3 is 5.97 Å². The lowest BCUT2D eigenvalue weighted by molar-refractivity contribution is 0.0697. The van der Waals surface area contributed by atoms with Crippen LogP contribution in [0.2, 0.25) is 0 Å². The van der Waals surface area contributed by atoms with E-state index in [0.29, 0.717) is 5.56 Å². The zero-order valence-corrected chi connectivity index (χ0v) is 10.3. The van der Waals surface area contributed by atoms with Crippen LogP contribution in [0.5, 0.6) is 0 Å². The zero-order chi connectivity index (χ0) is 13.0. The van der Waals surface area contributed by atoms with E-state index in [0.717, 1.165) is 25.9 Å². The van der Waals surface area contributed by atoms with Crippen LogP contribution in [-0.4, -0.2) is 35.0 Å². The van der Waals surface area contributed by atoms with Crippen LogP contribution in [0.3, 0.4) is 0 Å². The van der Waals surface area contributed by atoms with Gasteiger partial charge in [0, 0.05) is 18.7 Å². The molecule has 0 radical (unpaired) electrons. The van der Waals surface area contributed by atoms with Gasteiger partial charge in [0.1, 0.15) is 0 Å². The Hall–Kier alpha value is -1.84. The number of benzene rings is 1. The van der Waals surface area contributed by atoms with Gasteiger partial charge in [-0.3, -0.25) is 4.79 Å². The quantitative estimate of drug-likeness (QED) is 0.873. The molecule has 4 nitrogen and oxygen atoms in total. The van der Waals surface area contributed by atoms with Crippen molar-refractivity contribution in [2.75, 3.05) is 13.1 Å². The minimum atomic E-state index is -1.000. The van der Waals surface area contributed by atoms with Gasteiger partial charge in [-0.05, 0) is 31.0 Å². The molecular weight excluding hydrogens is 230 g/mol. The van der Waals surface area contributed by atoms with Crippen LogP contribution in [0.1, 0.15) is 46.4 Å². The summed E-state index contributed by atoms with van der Waals surface area (Å²) in [5, 5.41) is 8.92. The number of carbonyl (C=O) groups is 2. The van der Waals surface area contributed by atoms with E-state index in [4.69, 9.17) is 5.11 Å². The molecule has 4 heteroatoms. The lowest BCUT2D eigenvalue weighted by atomic mass is 10.1. The number of carbonyl (C=O) groups excluding carboxylic acids is 1. The van der Waals surface area contributed by atoms with Gasteiger partial charge in [0.25, 0.3) is 5.91 Å². The first-order chi connectivity index (χ1) is 8.68. The highest BCUT2D eigenvalue weighted by atomic mass is 16.4. The molecule has 0 aliphatic carbocycles. The molecular formula is C14H17NO3. The highest BCUT2D eigenvalue weighted by molar-refractivity contribution is 5.97. The maximum atomic E-state index is 12.3. The van der Waals surface area contributed by atoms with Gasteiger partial charge < -0.3 is 10.0 Å². The molecule has 0 aromatic heterocycles. The SMILES string of the molecule is O=C(O)c1cccc(C(=O)N2CCCCCC2)c1. The lowest BCUT2D eigenvalue weighted by Crippen LogP contribution is -2.31. The topological polar surface area (TPSA) is 57.6 Å². The molecule has 1 aliphatic heterocycles. The number of likely N-dealkylation sites (tertiary alicyclic amines) is 1. The Morgan fingerprint density at radius 3 is 2.22 bits per heavy atom. The number of carboxylic acid groups (broad SMARTS) is 1. The van der Waals surface area contributed by atoms with Gasteiger partial charge in [-0.25, -0.2) is 4.79 Å². The minimum Gasteiger partial charge on any atom is -0.478 e. The summed E-state index contributed by atoms with van der Waals surface area (Å²) in [6.45, 7) is 1.55. The second-order valence-electron chi connectivity index (χ2n) is 4.59. The fraction of sp³-hybridized carbons (Fsp3) is 0.429. The Kier molecular flexibility index (Phi) is 3.97. The fourth-order valence-corrected chi connectivity index (χ4v) is 2.24. The first-order valence-electron chi connectivity index (χ1n) is 6.31. The smallest absolute Gasteiger partial charge is 0.335 e. The van der Waals surface area contributed by atoms with E-state index in [1.165, 1.54) is 25.0 Å². The molecule has 1 heterocycles. The third-order valence-corrected chi connectivity index (χ3v) is 3.25. The van der Waals surface area contributed by atoms with Crippen LogP contribution in [0.15, 0.2) is 24.3 Å². The molecule has 18 heavy (non-hydrogen) atoms. The summed E-state index contributed by atoms with van der Waals surface area (Å²) in [7, 11) is 0. The summed E-state index contributed by atoms with van der Waals surface area (Å²) in [6, 6.07) is 6.26. The highest BCUT2D eigenvalue weighted by Crippen LogP contribution is 2.14. The predicted octanol–water partition coefficient (Wildman–Crippen LogP) is 2.40. The molecule has 0 unspecified atom stereocenters. The van der Waals surface area contributed by atoms with Crippen LogP contribution < -0.4 is 0 Å². The summed E-state index contributed by atoms with van der Waals surface area (Å²) in [6.07, 6.45) is 4.40. The Labute approximate surface area is 106 Å². The van der Waals surface area contributed by atoms with Gasteiger partial charge in [-0.1, -0.05) is 18.9 Å². The van der Waals surface area contributed by atoms with E-state index >= 15 is 0 Å². The number of hydrogen-bond acceptors (Lipinski definition) is 2. The van der Waals surface area contributed by atoms with E-state index in [9.17, 15) is 9.59 Å². The molecule has 1 aromatic rings. The highest BCUT2D eigenvalue weighted by Gasteiger charge is 2.18. The summed E-state index contributed by atoms with van der Waals surface area (Å²) in [5.74, 6) is -1.06. The van der Waals surface area contributed by atoms with E-state index in [1.54, 1.807) is 12.1 Å². The van der Waals surface area contributed by atoms with Crippen molar-refractivity contribution in [1.29, 1.82) is 0 Å². The van der Waals surface area contributed by atoms with E-state index < -0.39 is 5.97 Å². The van der Waals surface area contributed by atoms with Crippen LogP contribution in [0.25, 0.3) is 0 Å². The van der Waals surface area contributed by atoms with Crippen LogP contribution >= 0.6 is 0 Å². The summed E-state index contributed by atoms with van der Waals surface area (Å²) in [4.78, 5) is 25.0. The van der Waals surface area contributed by atoms with Gasteiger partial charge in [0.2, 0.25) is 0 Å². The maximum absolute atomic E-state index is 12.3. The molecule has 2 rings (SSSR count). The molecule has 1 aromatic carbocycles. The van der Waals surface area contributed by atoms with Crippen molar-refractivity contribution in [3.63, 3.8) is 0 Å². The minimum absolute atomic E-state index is 0.0556. The number of carboxylic acids is 1. The molecule has 1 N–H and O–H groups in total. The lowest BCUT2D eigenvalue weighted by Gasteiger charge is -2.20. The van der Waals surface area contributed by atoms with E-state index in [2.05, 4.69) is 0 Å². The third kappa shape index (κ3) is 2.88. The van der Waals surface area contributed by atoms with Crippen molar-refractivity contribution in [3.8, 4) is 0 Å². The summed E-state index contributed by atoms with van der Waals surface area (Å²) < 4.78 is 0. The van der Waals surface area contributed by atoms with Crippen molar-refractivity contribution in [2.45, 2.75) is 25.7 Å². The van der Waals surface area contributed by atoms with Gasteiger partial charge in [-0.15, -0.1) is 0 Å². The molecule has 1 aliphatic rings. The standard InChI is InChI=1S/C14H17NO3/c16-13(15-8-3-1-2-4-9-15)11-6-5-7-12(10-11)14(17)18/h5-7,10H,1-4,8-9H2,(H,17,18). The molecule has 0 spiro atoms.